The van der Waals surface area contributed by atoms with Crippen LogP contribution in [0.15, 0.2) is 42.5 Å². The van der Waals surface area contributed by atoms with Gasteiger partial charge in [0.05, 0.1) is 19.6 Å². The van der Waals surface area contributed by atoms with Gasteiger partial charge in [-0.1, -0.05) is 43.3 Å². The van der Waals surface area contributed by atoms with Crippen LogP contribution in [0.4, 0.5) is 0 Å². The average Bonchev–Trinajstić information content (AvgIpc) is 2.69. The molecule has 0 aliphatic heterocycles. The van der Waals surface area contributed by atoms with Crippen molar-refractivity contribution in [2.75, 3.05) is 26.2 Å². The Labute approximate surface area is 165 Å². The molecule has 0 saturated heterocycles. The van der Waals surface area contributed by atoms with Gasteiger partial charge in [-0.2, -0.15) is 0 Å². The van der Waals surface area contributed by atoms with E-state index in [1.807, 2.05) is 37.3 Å². The molecule has 152 valence electrons. The van der Waals surface area contributed by atoms with E-state index in [2.05, 4.69) is 21.3 Å². The molecule has 0 aromatic heterocycles. The minimum Gasteiger partial charge on any atom is -0.347 e. The molecular formula is C20H28N4O4. The lowest BCUT2D eigenvalue weighted by atomic mass is 10.1. The quantitative estimate of drug-likeness (QED) is 0.367. The maximum Gasteiger partial charge on any atom is 0.243 e. The zero-order valence-electron chi connectivity index (χ0n) is 16.3. The smallest absolute Gasteiger partial charge is 0.243 e. The van der Waals surface area contributed by atoms with Crippen LogP contribution in [-0.2, 0) is 25.6 Å². The van der Waals surface area contributed by atoms with Crippen molar-refractivity contribution in [2.24, 2.45) is 0 Å². The maximum absolute atomic E-state index is 12.5. The minimum atomic E-state index is -0.862. The fraction of sp³-hybridized carbons (Fsp3) is 0.400. The molecule has 0 aliphatic rings. The van der Waals surface area contributed by atoms with E-state index in [-0.39, 0.29) is 37.7 Å². The highest BCUT2D eigenvalue weighted by atomic mass is 16.2. The second kappa shape index (κ2) is 13.2. The van der Waals surface area contributed by atoms with Crippen LogP contribution in [0.25, 0.3) is 0 Å². The molecule has 0 aliphatic carbocycles. The highest BCUT2D eigenvalue weighted by molar-refractivity contribution is 5.96. The van der Waals surface area contributed by atoms with Crippen molar-refractivity contribution in [1.29, 1.82) is 0 Å². The molecule has 0 heterocycles. The van der Waals surface area contributed by atoms with Gasteiger partial charge in [-0.15, -0.1) is 0 Å². The van der Waals surface area contributed by atoms with Crippen molar-refractivity contribution in [1.82, 2.24) is 21.3 Å². The summed E-state index contributed by atoms with van der Waals surface area (Å²) in [6, 6.07) is 8.35. The Morgan fingerprint density at radius 1 is 0.964 bits per heavy atom. The zero-order valence-corrected chi connectivity index (χ0v) is 16.3. The van der Waals surface area contributed by atoms with E-state index < -0.39 is 17.9 Å². The molecular weight excluding hydrogens is 360 g/mol. The van der Waals surface area contributed by atoms with E-state index in [0.29, 0.717) is 6.54 Å². The highest BCUT2D eigenvalue weighted by Crippen LogP contribution is 2.03. The summed E-state index contributed by atoms with van der Waals surface area (Å²) in [4.78, 5) is 47.8. The summed E-state index contributed by atoms with van der Waals surface area (Å²) in [5.74, 6) is -1.50. The number of amides is 3. The number of carbonyl (C=O) groups excluding carboxylic acids is 4. The molecule has 3 amide bonds. The number of hydrogen-bond donors (Lipinski definition) is 4. The Balaban J connectivity index is 2.66. The van der Waals surface area contributed by atoms with Crippen LogP contribution in [-0.4, -0.2) is 55.7 Å². The molecule has 0 spiro atoms. The third kappa shape index (κ3) is 9.63. The van der Waals surface area contributed by atoms with Crippen LogP contribution in [0.1, 0.15) is 19.4 Å². The first-order chi connectivity index (χ1) is 13.5. The molecule has 1 aromatic rings. The van der Waals surface area contributed by atoms with Crippen LogP contribution in [0.3, 0.4) is 0 Å². The minimum absolute atomic E-state index is 0.116. The summed E-state index contributed by atoms with van der Waals surface area (Å²) >= 11 is 0. The summed E-state index contributed by atoms with van der Waals surface area (Å²) in [5, 5.41) is 10.5. The SMILES string of the molecule is C/C=C/C(=O)CNC(=O)[C@H](Cc1ccccc1)NC(=O)CNC(=O)CNCC. The molecule has 1 atom stereocenters. The largest absolute Gasteiger partial charge is 0.347 e. The summed E-state index contributed by atoms with van der Waals surface area (Å²) in [6.07, 6.45) is 3.22. The Bertz CT molecular complexity index is 689. The number of allylic oxidation sites excluding steroid dienone is 1. The Morgan fingerprint density at radius 2 is 1.68 bits per heavy atom. The summed E-state index contributed by atoms with van der Waals surface area (Å²) in [5.41, 5.74) is 0.860. The molecule has 0 saturated carbocycles. The normalized spacial score (nSPS) is 11.6. The van der Waals surface area contributed by atoms with Crippen molar-refractivity contribution in [3.8, 4) is 0 Å². The van der Waals surface area contributed by atoms with Gasteiger partial charge in [-0.25, -0.2) is 0 Å². The van der Waals surface area contributed by atoms with Crippen molar-refractivity contribution in [2.45, 2.75) is 26.3 Å². The number of likely N-dealkylation sites (N-methyl/N-ethyl adjacent to an activating group) is 1. The van der Waals surface area contributed by atoms with Crippen molar-refractivity contribution >= 4 is 23.5 Å². The Hall–Kier alpha value is -3.00. The van der Waals surface area contributed by atoms with E-state index >= 15 is 0 Å². The number of nitrogens with one attached hydrogen (secondary N) is 4. The zero-order chi connectivity index (χ0) is 20.8. The lowest BCUT2D eigenvalue weighted by molar-refractivity contribution is -0.130. The van der Waals surface area contributed by atoms with Crippen LogP contribution in [0.2, 0.25) is 0 Å². The monoisotopic (exact) mass is 388 g/mol. The van der Waals surface area contributed by atoms with Crippen LogP contribution in [0, 0.1) is 0 Å². The summed E-state index contributed by atoms with van der Waals surface area (Å²) in [7, 11) is 0. The molecule has 8 nitrogen and oxygen atoms in total. The van der Waals surface area contributed by atoms with Crippen LogP contribution < -0.4 is 21.3 Å². The summed E-state index contributed by atoms with van der Waals surface area (Å²) < 4.78 is 0. The topological polar surface area (TPSA) is 116 Å². The first-order valence-electron chi connectivity index (χ1n) is 9.20. The van der Waals surface area contributed by atoms with Crippen molar-refractivity contribution < 1.29 is 19.2 Å². The van der Waals surface area contributed by atoms with Gasteiger partial charge in [0.1, 0.15) is 6.04 Å². The fourth-order valence-electron chi connectivity index (χ4n) is 2.33. The molecule has 1 rings (SSSR count). The van der Waals surface area contributed by atoms with E-state index in [4.69, 9.17) is 0 Å². The van der Waals surface area contributed by atoms with E-state index in [1.54, 1.807) is 13.0 Å². The fourth-order valence-corrected chi connectivity index (χ4v) is 2.33. The van der Waals surface area contributed by atoms with Crippen LogP contribution >= 0.6 is 0 Å². The number of benzene rings is 1. The van der Waals surface area contributed by atoms with Gasteiger partial charge in [0.25, 0.3) is 0 Å². The number of ketones is 1. The predicted molar refractivity (Wildman–Crippen MR) is 106 cm³/mol. The summed E-state index contributed by atoms with van der Waals surface area (Å²) in [6.45, 7) is 3.95. The van der Waals surface area contributed by atoms with Gasteiger partial charge in [0, 0.05) is 6.42 Å². The van der Waals surface area contributed by atoms with Gasteiger partial charge in [-0.05, 0) is 25.1 Å². The Morgan fingerprint density at radius 3 is 2.32 bits per heavy atom. The van der Waals surface area contributed by atoms with E-state index in [0.717, 1.165) is 5.56 Å². The van der Waals surface area contributed by atoms with Crippen molar-refractivity contribution in [3.05, 3.63) is 48.0 Å². The predicted octanol–water partition coefficient (Wildman–Crippen LogP) is -0.299. The van der Waals surface area contributed by atoms with E-state index in [1.165, 1.54) is 6.08 Å². The highest BCUT2D eigenvalue weighted by Gasteiger charge is 2.21. The molecule has 8 heteroatoms. The van der Waals surface area contributed by atoms with Crippen LogP contribution in [0.5, 0.6) is 0 Å². The molecule has 4 N–H and O–H groups in total. The van der Waals surface area contributed by atoms with E-state index in [9.17, 15) is 19.2 Å². The molecule has 0 bridgehead atoms. The lowest BCUT2D eigenvalue weighted by Crippen LogP contribution is -2.51. The maximum atomic E-state index is 12.5. The standard InChI is InChI=1S/C20H28N4O4/c1-3-8-16(25)12-23-20(28)17(11-15-9-6-5-7-10-15)24-19(27)14-22-18(26)13-21-4-2/h3,5-10,17,21H,4,11-14H2,1-2H3,(H,22,26)(H,23,28)(H,24,27)/b8-3+/t17-/m0/s1. The third-order valence-electron chi connectivity index (χ3n) is 3.71. The molecule has 1 aromatic carbocycles. The lowest BCUT2D eigenvalue weighted by Gasteiger charge is -2.18. The third-order valence-corrected chi connectivity index (χ3v) is 3.71. The number of hydrogen-bond acceptors (Lipinski definition) is 5. The van der Waals surface area contributed by atoms with Gasteiger partial charge in [0.2, 0.25) is 17.7 Å². The van der Waals surface area contributed by atoms with Gasteiger partial charge in [0.15, 0.2) is 5.78 Å². The first-order valence-corrected chi connectivity index (χ1v) is 9.20. The molecule has 28 heavy (non-hydrogen) atoms. The van der Waals surface area contributed by atoms with Gasteiger partial charge >= 0.3 is 0 Å². The second-order valence-corrected chi connectivity index (χ2v) is 6.05. The van der Waals surface area contributed by atoms with Crippen molar-refractivity contribution in [3.63, 3.8) is 0 Å². The number of rotatable bonds is 12. The second-order valence-electron chi connectivity index (χ2n) is 6.05. The average molecular weight is 388 g/mol. The molecule has 0 fully saturated rings. The Kier molecular flexibility index (Phi) is 10.9. The molecule has 0 unspecified atom stereocenters. The molecule has 0 radical (unpaired) electrons. The number of carbonyl (C=O) groups is 4. The first kappa shape index (κ1) is 23.0. The van der Waals surface area contributed by atoms with Gasteiger partial charge in [-0.3, -0.25) is 19.2 Å². The van der Waals surface area contributed by atoms with Gasteiger partial charge < -0.3 is 21.3 Å².